The zero-order valence-electron chi connectivity index (χ0n) is 14.1. The molecule has 1 N–H and O–H groups in total. The maximum Gasteiger partial charge on any atom is 0.251 e. The second-order valence-electron chi connectivity index (χ2n) is 6.25. The molecule has 1 aromatic carbocycles. The molecule has 0 aliphatic carbocycles. The molecular weight excluding hydrogens is 340 g/mol. The highest BCUT2D eigenvalue weighted by Crippen LogP contribution is 2.25. The summed E-state index contributed by atoms with van der Waals surface area (Å²) in [5, 5.41) is 2.73. The number of sulfonamides is 1. The Labute approximate surface area is 147 Å². The monoisotopic (exact) mass is 362 g/mol. The van der Waals surface area contributed by atoms with Gasteiger partial charge in [-0.1, -0.05) is 12.5 Å². The van der Waals surface area contributed by atoms with E-state index in [4.69, 9.17) is 4.42 Å². The molecule has 7 heteroatoms. The third-order valence-corrected chi connectivity index (χ3v) is 6.46. The quantitative estimate of drug-likeness (QED) is 0.887. The number of hydrogen-bond acceptors (Lipinski definition) is 4. The first-order valence-electron chi connectivity index (χ1n) is 8.41. The third-order valence-electron chi connectivity index (χ3n) is 4.45. The lowest BCUT2D eigenvalue weighted by atomic mass is 10.1. The Bertz CT molecular complexity index is 831. The summed E-state index contributed by atoms with van der Waals surface area (Å²) in [6, 6.07) is 9.68. The number of benzene rings is 1. The standard InChI is InChI=1S/C18H22N2O4S/c1-14-6-2-3-10-20(14)25(22,23)17-9-4-7-15(12-17)18(21)19-13-16-8-5-11-24-16/h4-5,7-9,11-12,14H,2-3,6,10,13H2,1H3,(H,19,21)/t14-/m0/s1. The van der Waals surface area contributed by atoms with Gasteiger partial charge in [-0.15, -0.1) is 0 Å². The molecule has 1 amide bonds. The third kappa shape index (κ3) is 3.93. The molecule has 134 valence electrons. The summed E-state index contributed by atoms with van der Waals surface area (Å²) in [7, 11) is -3.59. The zero-order valence-corrected chi connectivity index (χ0v) is 15.0. The van der Waals surface area contributed by atoms with Gasteiger partial charge in [0.1, 0.15) is 5.76 Å². The van der Waals surface area contributed by atoms with Crippen LogP contribution in [0.25, 0.3) is 0 Å². The van der Waals surface area contributed by atoms with Crippen molar-refractivity contribution in [2.45, 2.75) is 43.7 Å². The summed E-state index contributed by atoms with van der Waals surface area (Å²) in [5.41, 5.74) is 0.317. The fourth-order valence-corrected chi connectivity index (χ4v) is 4.79. The van der Waals surface area contributed by atoms with E-state index in [-0.39, 0.29) is 23.4 Å². The average Bonchev–Trinajstić information content (AvgIpc) is 3.13. The van der Waals surface area contributed by atoms with Crippen molar-refractivity contribution < 1.29 is 17.6 Å². The largest absolute Gasteiger partial charge is 0.467 e. The Balaban J connectivity index is 1.77. The fourth-order valence-electron chi connectivity index (χ4n) is 3.04. The highest BCUT2D eigenvalue weighted by molar-refractivity contribution is 7.89. The van der Waals surface area contributed by atoms with E-state index in [1.807, 2.05) is 6.92 Å². The molecule has 1 saturated heterocycles. The first kappa shape index (κ1) is 17.7. The highest BCUT2D eigenvalue weighted by Gasteiger charge is 2.31. The van der Waals surface area contributed by atoms with Gasteiger partial charge in [-0.3, -0.25) is 4.79 Å². The number of hydrogen-bond donors (Lipinski definition) is 1. The molecule has 0 spiro atoms. The van der Waals surface area contributed by atoms with Gasteiger partial charge in [-0.05, 0) is 50.1 Å². The van der Waals surface area contributed by atoms with Gasteiger partial charge in [0.25, 0.3) is 5.91 Å². The topological polar surface area (TPSA) is 79.6 Å². The van der Waals surface area contributed by atoms with Crippen molar-refractivity contribution in [2.24, 2.45) is 0 Å². The Kier molecular flexibility index (Phi) is 5.24. The Hall–Kier alpha value is -2.12. The summed E-state index contributed by atoms with van der Waals surface area (Å²) >= 11 is 0. The second kappa shape index (κ2) is 7.41. The Morgan fingerprint density at radius 2 is 2.12 bits per heavy atom. The van der Waals surface area contributed by atoms with Crippen molar-refractivity contribution in [3.8, 4) is 0 Å². The normalized spacial score (nSPS) is 18.8. The smallest absolute Gasteiger partial charge is 0.251 e. The van der Waals surface area contributed by atoms with Crippen LogP contribution < -0.4 is 5.32 Å². The van der Waals surface area contributed by atoms with Crippen LogP contribution in [-0.2, 0) is 16.6 Å². The van der Waals surface area contributed by atoms with Crippen molar-refractivity contribution >= 4 is 15.9 Å². The molecule has 1 aromatic heterocycles. The number of nitrogens with one attached hydrogen (secondary N) is 1. The molecule has 6 nitrogen and oxygen atoms in total. The average molecular weight is 362 g/mol. The van der Waals surface area contributed by atoms with Crippen LogP contribution in [0.15, 0.2) is 52.0 Å². The second-order valence-corrected chi connectivity index (χ2v) is 8.14. The minimum Gasteiger partial charge on any atom is -0.467 e. The van der Waals surface area contributed by atoms with Crippen LogP contribution in [0.2, 0.25) is 0 Å². The SMILES string of the molecule is C[C@H]1CCCCN1S(=O)(=O)c1cccc(C(=O)NCc2ccco2)c1. The van der Waals surface area contributed by atoms with Crippen LogP contribution in [0.4, 0.5) is 0 Å². The Morgan fingerprint density at radius 1 is 1.28 bits per heavy atom. The summed E-state index contributed by atoms with van der Waals surface area (Å²) in [6.45, 7) is 2.71. The first-order valence-corrected chi connectivity index (χ1v) is 9.85. The number of piperidine rings is 1. The lowest BCUT2D eigenvalue weighted by molar-refractivity contribution is 0.0948. The van der Waals surface area contributed by atoms with Gasteiger partial charge in [0.05, 0.1) is 17.7 Å². The van der Waals surface area contributed by atoms with Crippen molar-refractivity contribution in [2.75, 3.05) is 6.54 Å². The molecule has 0 saturated carbocycles. The van der Waals surface area contributed by atoms with Crippen LogP contribution in [0.5, 0.6) is 0 Å². The van der Waals surface area contributed by atoms with Crippen molar-refractivity contribution in [3.05, 3.63) is 54.0 Å². The maximum atomic E-state index is 12.9. The van der Waals surface area contributed by atoms with Crippen molar-refractivity contribution in [1.82, 2.24) is 9.62 Å². The molecule has 1 fully saturated rings. The molecule has 2 aromatic rings. The predicted octanol–water partition coefficient (Wildman–Crippen LogP) is 2.77. The van der Waals surface area contributed by atoms with Crippen LogP contribution in [0, 0.1) is 0 Å². The van der Waals surface area contributed by atoms with Gasteiger partial charge in [-0.2, -0.15) is 4.31 Å². The lowest BCUT2D eigenvalue weighted by Gasteiger charge is -2.32. The van der Waals surface area contributed by atoms with E-state index in [0.29, 0.717) is 17.9 Å². The van der Waals surface area contributed by atoms with Crippen molar-refractivity contribution in [1.29, 1.82) is 0 Å². The number of furan rings is 1. The summed E-state index contributed by atoms with van der Waals surface area (Å²) < 4.78 is 32.5. The Morgan fingerprint density at radius 3 is 2.84 bits per heavy atom. The fraction of sp³-hybridized carbons (Fsp3) is 0.389. The molecule has 3 rings (SSSR count). The lowest BCUT2D eigenvalue weighted by Crippen LogP contribution is -2.42. The number of amides is 1. The summed E-state index contributed by atoms with van der Waals surface area (Å²) in [4.78, 5) is 12.5. The summed E-state index contributed by atoms with van der Waals surface area (Å²) in [6.07, 6.45) is 4.31. The van der Waals surface area contributed by atoms with Gasteiger partial charge >= 0.3 is 0 Å². The molecule has 2 heterocycles. The van der Waals surface area contributed by atoms with Gasteiger partial charge in [0.15, 0.2) is 0 Å². The molecule has 0 unspecified atom stereocenters. The van der Waals surface area contributed by atoms with Crippen LogP contribution in [0.3, 0.4) is 0 Å². The van der Waals surface area contributed by atoms with Crippen LogP contribution in [0.1, 0.15) is 42.3 Å². The minimum absolute atomic E-state index is 0.0183. The van der Waals surface area contributed by atoms with E-state index in [2.05, 4.69) is 5.32 Å². The first-order chi connectivity index (χ1) is 12.0. The van der Waals surface area contributed by atoms with Crippen molar-refractivity contribution in [3.63, 3.8) is 0 Å². The van der Waals surface area contributed by atoms with Gasteiger partial charge in [0, 0.05) is 18.2 Å². The molecular formula is C18H22N2O4S. The summed E-state index contributed by atoms with van der Waals surface area (Å²) in [5.74, 6) is 0.305. The molecule has 25 heavy (non-hydrogen) atoms. The predicted molar refractivity (Wildman–Crippen MR) is 93.5 cm³/mol. The van der Waals surface area contributed by atoms with Gasteiger partial charge in [-0.25, -0.2) is 8.42 Å². The minimum atomic E-state index is -3.59. The van der Waals surface area contributed by atoms with E-state index in [1.165, 1.54) is 16.6 Å². The van der Waals surface area contributed by atoms with E-state index in [0.717, 1.165) is 19.3 Å². The molecule has 1 atom stereocenters. The van der Waals surface area contributed by atoms with E-state index in [9.17, 15) is 13.2 Å². The zero-order chi connectivity index (χ0) is 17.9. The van der Waals surface area contributed by atoms with Crippen LogP contribution >= 0.6 is 0 Å². The molecule has 1 aliphatic rings. The van der Waals surface area contributed by atoms with E-state index < -0.39 is 10.0 Å². The van der Waals surface area contributed by atoms with E-state index >= 15 is 0 Å². The number of rotatable bonds is 5. The molecule has 1 aliphatic heterocycles. The maximum absolute atomic E-state index is 12.9. The highest BCUT2D eigenvalue weighted by atomic mass is 32.2. The van der Waals surface area contributed by atoms with Gasteiger partial charge in [0.2, 0.25) is 10.0 Å². The van der Waals surface area contributed by atoms with E-state index in [1.54, 1.807) is 30.3 Å². The van der Waals surface area contributed by atoms with Crippen LogP contribution in [-0.4, -0.2) is 31.2 Å². The number of carbonyl (C=O) groups is 1. The number of carbonyl (C=O) groups excluding carboxylic acids is 1. The molecule has 0 radical (unpaired) electrons. The van der Waals surface area contributed by atoms with Gasteiger partial charge < -0.3 is 9.73 Å². The molecule has 0 bridgehead atoms. The number of nitrogens with zero attached hydrogens (tertiary/aromatic N) is 1.